The lowest BCUT2D eigenvalue weighted by Crippen LogP contribution is -2.22. The zero-order chi connectivity index (χ0) is 15.5. The van der Waals surface area contributed by atoms with Gasteiger partial charge in [-0.05, 0) is 23.3 Å². The molecule has 0 saturated heterocycles. The van der Waals surface area contributed by atoms with Gasteiger partial charge in [-0.15, -0.1) is 0 Å². The highest BCUT2D eigenvalue weighted by Crippen LogP contribution is 2.26. The first-order valence-electron chi connectivity index (χ1n) is 6.83. The summed E-state index contributed by atoms with van der Waals surface area (Å²) in [5.41, 5.74) is 2.16. The number of aliphatic hydroxyl groups is 1. The van der Waals surface area contributed by atoms with Crippen LogP contribution in [0.1, 0.15) is 21.7 Å². The highest BCUT2D eigenvalue weighted by atomic mass is 35.5. The third kappa shape index (κ3) is 2.84. The van der Waals surface area contributed by atoms with Crippen LogP contribution in [0.5, 0.6) is 0 Å². The molecule has 0 aliphatic rings. The van der Waals surface area contributed by atoms with Crippen LogP contribution in [-0.4, -0.2) is 11.0 Å². The van der Waals surface area contributed by atoms with Crippen molar-refractivity contribution in [3.8, 4) is 0 Å². The fourth-order valence-electron chi connectivity index (χ4n) is 2.29. The molecule has 0 spiro atoms. The van der Waals surface area contributed by atoms with Gasteiger partial charge in [-0.25, -0.2) is 0 Å². The van der Waals surface area contributed by atoms with Crippen molar-refractivity contribution in [2.45, 2.75) is 13.2 Å². The smallest absolute Gasteiger partial charge is 0.287 e. The van der Waals surface area contributed by atoms with Gasteiger partial charge in [0.1, 0.15) is 0 Å². The molecule has 1 heterocycles. The van der Waals surface area contributed by atoms with E-state index in [1.165, 1.54) is 0 Å². The molecule has 0 radical (unpaired) electrons. The Kier molecular flexibility index (Phi) is 4.13. The first-order valence-corrected chi connectivity index (χ1v) is 7.20. The van der Waals surface area contributed by atoms with E-state index in [-0.39, 0.29) is 18.3 Å². The van der Waals surface area contributed by atoms with Crippen LogP contribution in [0, 0.1) is 0 Å². The van der Waals surface area contributed by atoms with Crippen molar-refractivity contribution in [2.75, 3.05) is 0 Å². The number of fused-ring (bicyclic) bond motifs is 1. The summed E-state index contributed by atoms with van der Waals surface area (Å²) in [6.45, 7) is 0.257. The molecule has 4 nitrogen and oxygen atoms in total. The fourth-order valence-corrected chi connectivity index (χ4v) is 2.51. The van der Waals surface area contributed by atoms with Crippen molar-refractivity contribution in [3.63, 3.8) is 0 Å². The van der Waals surface area contributed by atoms with Gasteiger partial charge in [0.2, 0.25) is 0 Å². The minimum atomic E-state index is -0.319. The molecule has 0 unspecified atom stereocenters. The zero-order valence-electron chi connectivity index (χ0n) is 11.7. The molecule has 1 amide bonds. The lowest BCUT2D eigenvalue weighted by Gasteiger charge is -2.07. The van der Waals surface area contributed by atoms with Gasteiger partial charge in [-0.2, -0.15) is 0 Å². The highest BCUT2D eigenvalue weighted by molar-refractivity contribution is 6.34. The van der Waals surface area contributed by atoms with E-state index in [9.17, 15) is 9.90 Å². The van der Waals surface area contributed by atoms with Gasteiger partial charge < -0.3 is 14.8 Å². The van der Waals surface area contributed by atoms with Crippen LogP contribution in [0.3, 0.4) is 0 Å². The van der Waals surface area contributed by atoms with E-state index >= 15 is 0 Å². The van der Waals surface area contributed by atoms with Crippen molar-refractivity contribution in [3.05, 3.63) is 70.4 Å². The largest absolute Gasteiger partial charge is 0.449 e. The minimum Gasteiger partial charge on any atom is -0.449 e. The van der Waals surface area contributed by atoms with Gasteiger partial charge >= 0.3 is 0 Å². The molecule has 3 aromatic rings. The van der Waals surface area contributed by atoms with Crippen molar-refractivity contribution in [1.82, 2.24) is 5.32 Å². The number of amides is 1. The Morgan fingerprint density at radius 2 is 1.91 bits per heavy atom. The van der Waals surface area contributed by atoms with Gasteiger partial charge in [0.25, 0.3) is 5.91 Å². The van der Waals surface area contributed by atoms with Crippen molar-refractivity contribution in [1.29, 1.82) is 0 Å². The first-order chi connectivity index (χ1) is 10.7. The van der Waals surface area contributed by atoms with Gasteiger partial charge in [0, 0.05) is 11.9 Å². The summed E-state index contributed by atoms with van der Waals surface area (Å²) in [5, 5.41) is 13.3. The van der Waals surface area contributed by atoms with Gasteiger partial charge in [0.15, 0.2) is 11.3 Å². The molecule has 3 rings (SSSR count). The second-order valence-corrected chi connectivity index (χ2v) is 5.29. The summed E-state index contributed by atoms with van der Waals surface area (Å²) in [6, 6.07) is 14.4. The maximum absolute atomic E-state index is 12.2. The van der Waals surface area contributed by atoms with E-state index in [1.54, 1.807) is 18.2 Å². The molecule has 0 bridgehead atoms. The summed E-state index contributed by atoms with van der Waals surface area (Å²) in [5.74, 6) is -0.107. The Morgan fingerprint density at radius 1 is 1.14 bits per heavy atom. The average Bonchev–Trinajstić information content (AvgIpc) is 2.98. The van der Waals surface area contributed by atoms with Crippen LogP contribution in [0.25, 0.3) is 11.0 Å². The molecule has 0 aliphatic carbocycles. The van der Waals surface area contributed by atoms with E-state index in [0.717, 1.165) is 16.5 Å². The maximum atomic E-state index is 12.2. The predicted molar refractivity (Wildman–Crippen MR) is 84.8 cm³/mol. The monoisotopic (exact) mass is 315 g/mol. The summed E-state index contributed by atoms with van der Waals surface area (Å²) >= 11 is 6.03. The summed E-state index contributed by atoms with van der Waals surface area (Å²) in [4.78, 5) is 12.2. The van der Waals surface area contributed by atoms with Crippen LogP contribution in [0.15, 0.2) is 52.9 Å². The lowest BCUT2D eigenvalue weighted by molar-refractivity contribution is 0.0925. The van der Waals surface area contributed by atoms with Crippen LogP contribution in [0.2, 0.25) is 5.02 Å². The summed E-state index contributed by atoms with van der Waals surface area (Å²) < 4.78 is 5.51. The number of hydrogen-bond donors (Lipinski definition) is 2. The number of nitrogens with one attached hydrogen (secondary N) is 1. The highest BCUT2D eigenvalue weighted by Gasteiger charge is 2.14. The number of hydrogen-bond acceptors (Lipinski definition) is 3. The van der Waals surface area contributed by atoms with Crippen LogP contribution < -0.4 is 5.32 Å². The summed E-state index contributed by atoms with van der Waals surface area (Å²) in [6.07, 6.45) is 0. The van der Waals surface area contributed by atoms with Crippen LogP contribution in [-0.2, 0) is 13.2 Å². The SMILES string of the molecule is O=C(NCc1ccccc1CO)c1cc2cccc(Cl)c2o1. The molecule has 2 aromatic carbocycles. The van der Waals surface area contributed by atoms with Gasteiger partial charge in [-0.3, -0.25) is 4.79 Å². The molecular weight excluding hydrogens is 302 g/mol. The molecule has 5 heteroatoms. The molecule has 22 heavy (non-hydrogen) atoms. The number of para-hydroxylation sites is 1. The van der Waals surface area contributed by atoms with E-state index in [1.807, 2.05) is 30.3 Å². The molecule has 0 atom stereocenters. The van der Waals surface area contributed by atoms with E-state index in [0.29, 0.717) is 17.2 Å². The Labute approximate surface area is 132 Å². The Hall–Kier alpha value is -2.30. The Morgan fingerprint density at radius 3 is 2.64 bits per heavy atom. The van der Waals surface area contributed by atoms with E-state index in [4.69, 9.17) is 16.0 Å². The minimum absolute atomic E-state index is 0.0632. The third-order valence-electron chi connectivity index (χ3n) is 3.45. The second-order valence-electron chi connectivity index (χ2n) is 4.88. The number of aliphatic hydroxyl groups excluding tert-OH is 1. The standard InChI is InChI=1S/C17H14ClNO3/c18-14-7-3-6-11-8-15(22-16(11)14)17(21)19-9-12-4-1-2-5-13(12)10-20/h1-8,20H,9-10H2,(H,19,21). The third-order valence-corrected chi connectivity index (χ3v) is 3.75. The second kappa shape index (κ2) is 6.22. The molecule has 0 aliphatic heterocycles. The van der Waals surface area contributed by atoms with Crippen LogP contribution >= 0.6 is 11.6 Å². The van der Waals surface area contributed by atoms with Crippen molar-refractivity contribution < 1.29 is 14.3 Å². The number of carbonyl (C=O) groups excluding carboxylic acids is 1. The lowest BCUT2D eigenvalue weighted by atomic mass is 10.1. The van der Waals surface area contributed by atoms with Gasteiger partial charge in [0.05, 0.1) is 11.6 Å². The number of benzene rings is 2. The molecule has 2 N–H and O–H groups in total. The molecule has 0 saturated carbocycles. The topological polar surface area (TPSA) is 62.5 Å². The van der Waals surface area contributed by atoms with Crippen LogP contribution in [0.4, 0.5) is 0 Å². The Bertz CT molecular complexity index is 826. The van der Waals surface area contributed by atoms with Crippen molar-refractivity contribution >= 4 is 28.5 Å². The normalized spacial score (nSPS) is 10.8. The fraction of sp³-hybridized carbons (Fsp3) is 0.118. The first kappa shape index (κ1) is 14.6. The maximum Gasteiger partial charge on any atom is 0.287 e. The Balaban J connectivity index is 1.77. The summed E-state index contributed by atoms with van der Waals surface area (Å²) in [7, 11) is 0. The van der Waals surface area contributed by atoms with Crippen molar-refractivity contribution in [2.24, 2.45) is 0 Å². The number of halogens is 1. The number of carbonyl (C=O) groups is 1. The predicted octanol–water partition coefficient (Wildman–Crippen LogP) is 3.51. The molecular formula is C17H14ClNO3. The molecule has 0 fully saturated rings. The quantitative estimate of drug-likeness (QED) is 0.774. The van der Waals surface area contributed by atoms with E-state index < -0.39 is 0 Å². The molecule has 1 aromatic heterocycles. The average molecular weight is 316 g/mol. The van der Waals surface area contributed by atoms with Gasteiger partial charge in [-0.1, -0.05) is 48.0 Å². The number of furan rings is 1. The molecule has 112 valence electrons. The van der Waals surface area contributed by atoms with E-state index in [2.05, 4.69) is 5.32 Å². The zero-order valence-corrected chi connectivity index (χ0v) is 12.4. The number of rotatable bonds is 4.